The molecule has 0 spiro atoms. The van der Waals surface area contributed by atoms with E-state index in [2.05, 4.69) is 10.2 Å². The molecule has 0 unspecified atom stereocenters. The number of carbonyl (C=O) groups excluding carboxylic acids is 1. The highest BCUT2D eigenvalue weighted by Gasteiger charge is 2.36. The maximum Gasteiger partial charge on any atom is 0.335 e. The molecule has 29 heavy (non-hydrogen) atoms. The third-order valence-electron chi connectivity index (χ3n) is 4.79. The maximum atomic E-state index is 14.0. The number of rotatable bonds is 5. The molecule has 2 aromatic carbocycles. The molecule has 0 saturated carbocycles. The molecule has 1 aliphatic heterocycles. The third-order valence-corrected chi connectivity index (χ3v) is 6.20. The lowest BCUT2D eigenvalue weighted by Crippen LogP contribution is -2.31. The first-order valence-corrected chi connectivity index (χ1v) is 10.8. The largest absolute Gasteiger partial charge is 0.410 e. The van der Waals surface area contributed by atoms with Crippen molar-refractivity contribution in [1.82, 2.24) is 15.1 Å². The van der Waals surface area contributed by atoms with Crippen LogP contribution in [0, 0.1) is 5.82 Å². The summed E-state index contributed by atoms with van der Waals surface area (Å²) in [6.45, 7) is 0.395. The summed E-state index contributed by atoms with van der Waals surface area (Å²) >= 11 is 0. The van der Waals surface area contributed by atoms with Crippen LogP contribution in [-0.2, 0) is 15.6 Å². The second kappa shape index (κ2) is 7.75. The van der Waals surface area contributed by atoms with Gasteiger partial charge in [0.1, 0.15) is 11.9 Å². The van der Waals surface area contributed by atoms with Crippen molar-refractivity contribution in [3.05, 3.63) is 77.4 Å². The molecule has 4 rings (SSSR count). The Hall–Kier alpha value is -3.07. The van der Waals surface area contributed by atoms with Crippen molar-refractivity contribution in [2.45, 2.75) is 29.9 Å². The fourth-order valence-corrected chi connectivity index (χ4v) is 4.52. The molecular weight excluding hydrogens is 397 g/mol. The van der Waals surface area contributed by atoms with Gasteiger partial charge in [0.15, 0.2) is 0 Å². The van der Waals surface area contributed by atoms with Gasteiger partial charge in [-0.15, -0.1) is 5.10 Å². The van der Waals surface area contributed by atoms with Crippen molar-refractivity contribution in [3.63, 3.8) is 0 Å². The monoisotopic (exact) mass is 415 g/mol. The molecule has 1 aliphatic rings. The molecule has 1 aromatic heterocycles. The van der Waals surface area contributed by atoms with E-state index >= 15 is 0 Å². The summed E-state index contributed by atoms with van der Waals surface area (Å²) in [5.41, 5.74) is 0.556. The van der Waals surface area contributed by atoms with Crippen molar-refractivity contribution < 1.29 is 22.0 Å². The van der Waals surface area contributed by atoms with Gasteiger partial charge >= 0.3 is 5.22 Å². The van der Waals surface area contributed by atoms with E-state index in [9.17, 15) is 17.6 Å². The van der Waals surface area contributed by atoms with Gasteiger partial charge in [-0.3, -0.25) is 4.79 Å². The van der Waals surface area contributed by atoms with E-state index in [0.717, 1.165) is 0 Å². The first-order valence-electron chi connectivity index (χ1n) is 9.11. The molecule has 7 nitrogen and oxygen atoms in total. The Balaban J connectivity index is 1.57. The van der Waals surface area contributed by atoms with Crippen LogP contribution in [0.15, 0.2) is 64.2 Å². The highest BCUT2D eigenvalue weighted by atomic mass is 32.2. The van der Waals surface area contributed by atoms with Crippen LogP contribution in [0.4, 0.5) is 4.39 Å². The number of carbonyl (C=O) groups is 1. The molecule has 9 heteroatoms. The summed E-state index contributed by atoms with van der Waals surface area (Å²) in [4.78, 5) is 14.2. The van der Waals surface area contributed by atoms with Crippen LogP contribution >= 0.6 is 0 Å². The van der Waals surface area contributed by atoms with E-state index in [1.54, 1.807) is 36.4 Å². The molecule has 1 atom stereocenters. The normalized spacial score (nSPS) is 16.9. The zero-order chi connectivity index (χ0) is 20.4. The lowest BCUT2D eigenvalue weighted by Gasteiger charge is -2.22. The number of halogens is 1. The number of benzene rings is 2. The molecule has 1 fully saturated rings. The van der Waals surface area contributed by atoms with Crippen LogP contribution in [0.2, 0.25) is 0 Å². The van der Waals surface area contributed by atoms with E-state index in [1.807, 2.05) is 0 Å². The Labute approximate surface area is 167 Å². The quantitative estimate of drug-likeness (QED) is 0.635. The molecule has 0 N–H and O–H groups in total. The van der Waals surface area contributed by atoms with Crippen LogP contribution in [0.3, 0.4) is 0 Å². The molecule has 0 bridgehead atoms. The summed E-state index contributed by atoms with van der Waals surface area (Å²) in [7, 11) is -3.82. The van der Waals surface area contributed by atoms with Gasteiger partial charge in [0.05, 0.1) is 11.3 Å². The Morgan fingerprint density at radius 2 is 1.83 bits per heavy atom. The fraction of sp³-hybridized carbons (Fsp3) is 0.250. The number of amides is 1. The van der Waals surface area contributed by atoms with Gasteiger partial charge in [0, 0.05) is 6.54 Å². The summed E-state index contributed by atoms with van der Waals surface area (Å²) in [6.07, 6.45) is 1.19. The van der Waals surface area contributed by atoms with Crippen molar-refractivity contribution in [2.24, 2.45) is 0 Å². The zero-order valence-corrected chi connectivity index (χ0v) is 16.2. The average molecular weight is 415 g/mol. The standard InChI is InChI=1S/C20H18FN3O4S/c21-16-10-5-4-9-15(16)19(25)24-12-6-11-17(24)18-22-23-20(28-18)29(26,27)13-14-7-2-1-3-8-14/h1-5,7-10,17H,6,11-13H2/t17-/m0/s1. The summed E-state index contributed by atoms with van der Waals surface area (Å²) in [5.74, 6) is -1.33. The van der Waals surface area contributed by atoms with Gasteiger partial charge in [0.2, 0.25) is 15.7 Å². The van der Waals surface area contributed by atoms with Gasteiger partial charge in [-0.25, -0.2) is 12.8 Å². The minimum absolute atomic E-state index is 0.0406. The van der Waals surface area contributed by atoms with Crippen molar-refractivity contribution in [2.75, 3.05) is 6.54 Å². The fourth-order valence-electron chi connectivity index (χ4n) is 3.39. The van der Waals surface area contributed by atoms with E-state index in [4.69, 9.17) is 4.42 Å². The first-order chi connectivity index (χ1) is 14.0. The van der Waals surface area contributed by atoms with Crippen LogP contribution in [0.5, 0.6) is 0 Å². The third kappa shape index (κ3) is 3.91. The number of nitrogens with zero attached hydrogens (tertiary/aromatic N) is 3. The second-order valence-corrected chi connectivity index (χ2v) is 8.65. The second-order valence-electron chi connectivity index (χ2n) is 6.79. The summed E-state index contributed by atoms with van der Waals surface area (Å²) in [5, 5.41) is 7.08. The Kier molecular flexibility index (Phi) is 5.14. The molecule has 150 valence electrons. The number of aromatic nitrogens is 2. The van der Waals surface area contributed by atoms with Crippen LogP contribution in [-0.4, -0.2) is 36.0 Å². The van der Waals surface area contributed by atoms with Gasteiger partial charge in [0.25, 0.3) is 5.91 Å². The first kappa shape index (κ1) is 19.3. The number of hydrogen-bond acceptors (Lipinski definition) is 6. The number of hydrogen-bond donors (Lipinski definition) is 0. The summed E-state index contributed by atoms with van der Waals surface area (Å²) < 4.78 is 44.6. The van der Waals surface area contributed by atoms with Crippen molar-refractivity contribution in [1.29, 1.82) is 0 Å². The molecule has 0 aliphatic carbocycles. The van der Waals surface area contributed by atoms with Gasteiger partial charge in [-0.1, -0.05) is 47.6 Å². The highest BCUT2D eigenvalue weighted by Crippen LogP contribution is 2.33. The maximum absolute atomic E-state index is 14.0. The Morgan fingerprint density at radius 3 is 2.59 bits per heavy atom. The van der Waals surface area contributed by atoms with Gasteiger partial charge in [-0.05, 0) is 30.5 Å². The smallest absolute Gasteiger partial charge is 0.335 e. The lowest BCUT2D eigenvalue weighted by atomic mass is 10.1. The zero-order valence-electron chi connectivity index (χ0n) is 15.4. The minimum Gasteiger partial charge on any atom is -0.410 e. The number of likely N-dealkylation sites (tertiary alicyclic amines) is 1. The molecular formula is C20H18FN3O4S. The predicted molar refractivity (Wildman–Crippen MR) is 101 cm³/mol. The Bertz CT molecular complexity index is 1130. The topological polar surface area (TPSA) is 93.4 Å². The summed E-state index contributed by atoms with van der Waals surface area (Å²) in [6, 6.07) is 13.8. The van der Waals surface area contributed by atoms with Gasteiger partial charge in [-0.2, -0.15) is 0 Å². The van der Waals surface area contributed by atoms with Crippen molar-refractivity contribution in [3.8, 4) is 0 Å². The Morgan fingerprint density at radius 1 is 1.10 bits per heavy atom. The molecule has 0 radical (unpaired) electrons. The molecule has 1 saturated heterocycles. The SMILES string of the molecule is O=C(c1ccccc1F)N1CCC[C@H]1c1nnc(S(=O)(=O)Cc2ccccc2)o1. The highest BCUT2D eigenvalue weighted by molar-refractivity contribution is 7.90. The van der Waals surface area contributed by atoms with Crippen LogP contribution in [0.25, 0.3) is 0 Å². The molecule has 3 aromatic rings. The molecule has 2 heterocycles. The number of sulfone groups is 1. The van der Waals surface area contributed by atoms with Crippen LogP contribution in [0.1, 0.15) is 40.7 Å². The van der Waals surface area contributed by atoms with E-state index in [0.29, 0.717) is 24.9 Å². The predicted octanol–water partition coefficient (Wildman–Crippen LogP) is 3.16. The van der Waals surface area contributed by atoms with E-state index in [1.165, 1.54) is 23.1 Å². The minimum atomic E-state index is -3.82. The molecule has 1 amide bonds. The lowest BCUT2D eigenvalue weighted by molar-refractivity contribution is 0.0707. The van der Waals surface area contributed by atoms with E-state index in [-0.39, 0.29) is 17.2 Å². The average Bonchev–Trinajstić information content (AvgIpc) is 3.38. The van der Waals surface area contributed by atoms with E-state index < -0.39 is 32.8 Å². The van der Waals surface area contributed by atoms with Crippen LogP contribution < -0.4 is 0 Å². The van der Waals surface area contributed by atoms with Crippen molar-refractivity contribution >= 4 is 15.7 Å². The van der Waals surface area contributed by atoms with Gasteiger partial charge < -0.3 is 9.32 Å².